The summed E-state index contributed by atoms with van der Waals surface area (Å²) in [5.74, 6) is 4.71. The number of nitrogens with two attached hydrogens (primary N) is 1. The van der Waals surface area contributed by atoms with Crippen LogP contribution >= 0.6 is 0 Å². The first kappa shape index (κ1) is 17.2. The van der Waals surface area contributed by atoms with E-state index in [1.165, 1.54) is 6.20 Å². The van der Waals surface area contributed by atoms with Gasteiger partial charge in [0.2, 0.25) is 0 Å². The van der Waals surface area contributed by atoms with E-state index in [0.717, 1.165) is 30.5 Å². The van der Waals surface area contributed by atoms with Crippen LogP contribution in [0.2, 0.25) is 6.32 Å². The van der Waals surface area contributed by atoms with Gasteiger partial charge in [0.05, 0.1) is 11.3 Å². The number of rotatable bonds is 8. The Bertz CT molecular complexity index is 605. The fraction of sp³-hybridized carbons (Fsp3) is 0.294. The Hall–Kier alpha value is -2.18. The highest BCUT2D eigenvalue weighted by atomic mass is 16.7. The van der Waals surface area contributed by atoms with Gasteiger partial charge in [-0.1, -0.05) is 56.5 Å². The van der Waals surface area contributed by atoms with Crippen LogP contribution in [0.5, 0.6) is 0 Å². The van der Waals surface area contributed by atoms with Gasteiger partial charge in [0.1, 0.15) is 0 Å². The number of unbranched alkanes of at least 4 members (excludes halogenated alkanes) is 2. The van der Waals surface area contributed by atoms with Crippen LogP contribution in [0, 0.1) is 0 Å². The van der Waals surface area contributed by atoms with Crippen molar-refractivity contribution in [2.45, 2.75) is 32.5 Å². The van der Waals surface area contributed by atoms with Gasteiger partial charge >= 0.3 is 13.1 Å². The molecule has 5 nitrogen and oxygen atoms in total. The number of carbonyl (C=O) groups excluding carboxylic acids is 1. The van der Waals surface area contributed by atoms with Gasteiger partial charge in [-0.2, -0.15) is 0 Å². The van der Waals surface area contributed by atoms with E-state index in [1.54, 1.807) is 12.1 Å². The second-order valence-corrected chi connectivity index (χ2v) is 5.26. The molecule has 0 amide bonds. The van der Waals surface area contributed by atoms with Crippen molar-refractivity contribution in [2.75, 3.05) is 0 Å². The molecule has 23 heavy (non-hydrogen) atoms. The monoisotopic (exact) mass is 312 g/mol. The molecular weight excluding hydrogens is 291 g/mol. The minimum atomic E-state index is -0.720. The second-order valence-electron chi connectivity index (χ2n) is 5.26. The molecule has 2 N–H and O–H groups in total. The van der Waals surface area contributed by atoms with Gasteiger partial charge in [0.25, 0.3) is 0 Å². The molecule has 2 aromatic rings. The van der Waals surface area contributed by atoms with Gasteiger partial charge in [-0.15, -0.1) is 0 Å². The highest BCUT2D eigenvalue weighted by Crippen LogP contribution is 2.17. The molecule has 1 aromatic heterocycles. The molecule has 0 saturated heterocycles. The third kappa shape index (κ3) is 5.19. The molecule has 0 atom stereocenters. The Labute approximate surface area is 136 Å². The fourth-order valence-electron chi connectivity index (χ4n) is 2.20. The van der Waals surface area contributed by atoms with E-state index in [4.69, 9.17) is 15.3 Å². The average Bonchev–Trinajstić information content (AvgIpc) is 2.61. The Balaban J connectivity index is 1.97. The van der Waals surface area contributed by atoms with Crippen LogP contribution < -0.4 is 5.90 Å². The zero-order valence-corrected chi connectivity index (χ0v) is 13.3. The second kappa shape index (κ2) is 9.07. The van der Waals surface area contributed by atoms with Gasteiger partial charge in [0.15, 0.2) is 0 Å². The molecule has 0 aliphatic carbocycles. The SMILES string of the molecule is CCCCCB(ON)OC(=O)c1ccc(-c2ccccc2)nc1. The summed E-state index contributed by atoms with van der Waals surface area (Å²) in [6.45, 7) is 2.10. The maximum Gasteiger partial charge on any atom is 0.544 e. The van der Waals surface area contributed by atoms with E-state index in [0.29, 0.717) is 11.9 Å². The quantitative estimate of drug-likeness (QED) is 0.459. The summed E-state index contributed by atoms with van der Waals surface area (Å²) in [7, 11) is -0.720. The summed E-state index contributed by atoms with van der Waals surface area (Å²) in [6, 6.07) is 13.2. The van der Waals surface area contributed by atoms with Gasteiger partial charge < -0.3 is 9.41 Å². The maximum atomic E-state index is 12.1. The van der Waals surface area contributed by atoms with Crippen LogP contribution in [0.25, 0.3) is 11.3 Å². The summed E-state index contributed by atoms with van der Waals surface area (Å²) in [6.07, 6.45) is 5.12. The van der Waals surface area contributed by atoms with E-state index in [-0.39, 0.29) is 0 Å². The zero-order chi connectivity index (χ0) is 16.5. The molecule has 0 fully saturated rings. The van der Waals surface area contributed by atoms with Crippen molar-refractivity contribution in [3.05, 3.63) is 54.2 Å². The Kier molecular flexibility index (Phi) is 6.78. The molecule has 0 saturated carbocycles. The van der Waals surface area contributed by atoms with Gasteiger partial charge in [-0.3, -0.25) is 4.98 Å². The standard InChI is InChI=1S/C17H21BN2O3/c1-2-3-7-12-18(23-19)22-17(21)15-10-11-16(20-13-15)14-8-5-4-6-9-14/h4-6,8-11,13H,2-3,7,12,19H2,1H3. The molecular formula is C17H21BN2O3. The van der Waals surface area contributed by atoms with E-state index in [1.807, 2.05) is 30.3 Å². The van der Waals surface area contributed by atoms with Crippen molar-refractivity contribution < 1.29 is 14.2 Å². The first-order chi connectivity index (χ1) is 11.2. The van der Waals surface area contributed by atoms with Crippen molar-refractivity contribution in [1.29, 1.82) is 0 Å². The van der Waals surface area contributed by atoms with Crippen molar-refractivity contribution in [3.63, 3.8) is 0 Å². The molecule has 6 heteroatoms. The number of hydrogen-bond donors (Lipinski definition) is 1. The summed E-state index contributed by atoms with van der Waals surface area (Å²) >= 11 is 0. The Morgan fingerprint density at radius 3 is 2.57 bits per heavy atom. The van der Waals surface area contributed by atoms with E-state index in [9.17, 15) is 4.79 Å². The topological polar surface area (TPSA) is 74.4 Å². The van der Waals surface area contributed by atoms with Crippen molar-refractivity contribution in [2.24, 2.45) is 5.90 Å². The first-order valence-corrected chi connectivity index (χ1v) is 7.82. The normalized spacial score (nSPS) is 10.3. The lowest BCUT2D eigenvalue weighted by atomic mass is 9.82. The molecule has 0 bridgehead atoms. The number of pyridine rings is 1. The number of carbonyl (C=O) groups is 1. The predicted molar refractivity (Wildman–Crippen MR) is 90.4 cm³/mol. The number of aromatic nitrogens is 1. The smallest absolute Gasteiger partial charge is 0.505 e. The van der Waals surface area contributed by atoms with Crippen LogP contribution in [-0.2, 0) is 9.41 Å². The average molecular weight is 312 g/mol. The fourth-order valence-corrected chi connectivity index (χ4v) is 2.20. The number of hydrogen-bond acceptors (Lipinski definition) is 5. The lowest BCUT2D eigenvalue weighted by Gasteiger charge is -2.11. The third-order valence-corrected chi connectivity index (χ3v) is 3.50. The maximum absolute atomic E-state index is 12.1. The molecule has 2 rings (SSSR count). The molecule has 0 aliphatic rings. The highest BCUT2D eigenvalue weighted by Gasteiger charge is 2.23. The van der Waals surface area contributed by atoms with E-state index >= 15 is 0 Å². The number of benzene rings is 1. The summed E-state index contributed by atoms with van der Waals surface area (Å²) < 4.78 is 9.97. The van der Waals surface area contributed by atoms with Crippen molar-refractivity contribution in [3.8, 4) is 11.3 Å². The van der Waals surface area contributed by atoms with Crippen LogP contribution in [0.3, 0.4) is 0 Å². The predicted octanol–water partition coefficient (Wildman–Crippen LogP) is 3.47. The van der Waals surface area contributed by atoms with Gasteiger partial charge in [-0.05, 0) is 18.5 Å². The summed E-state index contributed by atoms with van der Waals surface area (Å²) in [4.78, 5) is 16.4. The first-order valence-electron chi connectivity index (χ1n) is 7.82. The molecule has 0 unspecified atom stereocenters. The molecule has 0 spiro atoms. The third-order valence-electron chi connectivity index (χ3n) is 3.50. The van der Waals surface area contributed by atoms with Crippen LogP contribution in [0.15, 0.2) is 48.7 Å². The number of nitrogens with zero attached hydrogens (tertiary/aromatic N) is 1. The van der Waals surface area contributed by atoms with Crippen LogP contribution in [0.4, 0.5) is 0 Å². The Morgan fingerprint density at radius 1 is 1.17 bits per heavy atom. The van der Waals surface area contributed by atoms with E-state index < -0.39 is 13.1 Å². The van der Waals surface area contributed by atoms with Crippen LogP contribution in [0.1, 0.15) is 36.5 Å². The summed E-state index contributed by atoms with van der Waals surface area (Å²) in [5, 5.41) is 0. The van der Waals surface area contributed by atoms with Crippen molar-refractivity contribution in [1.82, 2.24) is 4.98 Å². The minimum absolute atomic E-state index is 0.377. The summed E-state index contributed by atoms with van der Waals surface area (Å²) in [5.41, 5.74) is 2.18. The largest absolute Gasteiger partial charge is 0.544 e. The lowest BCUT2D eigenvalue weighted by molar-refractivity contribution is 0.0675. The minimum Gasteiger partial charge on any atom is -0.505 e. The van der Waals surface area contributed by atoms with Crippen LogP contribution in [-0.4, -0.2) is 18.1 Å². The van der Waals surface area contributed by atoms with E-state index in [2.05, 4.69) is 11.9 Å². The molecule has 1 aromatic carbocycles. The molecule has 1 heterocycles. The molecule has 0 radical (unpaired) electrons. The van der Waals surface area contributed by atoms with Gasteiger partial charge in [0, 0.05) is 11.8 Å². The zero-order valence-electron chi connectivity index (χ0n) is 13.3. The Morgan fingerprint density at radius 2 is 1.96 bits per heavy atom. The lowest BCUT2D eigenvalue weighted by Crippen LogP contribution is -2.29. The van der Waals surface area contributed by atoms with Crippen molar-refractivity contribution >= 4 is 13.1 Å². The highest BCUT2D eigenvalue weighted by molar-refractivity contribution is 6.47. The molecule has 0 aliphatic heterocycles. The molecule has 120 valence electrons. The van der Waals surface area contributed by atoms with Gasteiger partial charge in [-0.25, -0.2) is 10.7 Å².